The molecule has 2 heterocycles. The highest BCUT2D eigenvalue weighted by molar-refractivity contribution is 6.20. The van der Waals surface area contributed by atoms with Gasteiger partial charge in [-0.2, -0.15) is 0 Å². The number of hydrogen-bond donors (Lipinski definition) is 4. The number of alkyl halides is 3. The number of nitrogens with one attached hydrogen (secondary N) is 4. The third-order valence-corrected chi connectivity index (χ3v) is 4.54. The van der Waals surface area contributed by atoms with Crippen LogP contribution in [-0.4, -0.2) is 39.8 Å². The molecule has 10 nitrogen and oxygen atoms in total. The van der Waals surface area contributed by atoms with Crippen LogP contribution in [0.25, 0.3) is 0 Å². The van der Waals surface area contributed by atoms with Crippen molar-refractivity contribution in [2.45, 2.75) is 18.9 Å². The maximum Gasteiger partial charge on any atom is 0.487 e. The summed E-state index contributed by atoms with van der Waals surface area (Å²) in [5, 5.41) is 5.37. The lowest BCUT2D eigenvalue weighted by atomic mass is 9.88. The highest BCUT2D eigenvalue weighted by Gasteiger charge is 2.44. The highest BCUT2D eigenvalue weighted by atomic mass is 35.5. The molecule has 0 spiro atoms. The largest absolute Gasteiger partial charge is 0.487 e. The van der Waals surface area contributed by atoms with Crippen LogP contribution in [-0.2, 0) is 9.59 Å². The Balaban J connectivity index is 1.66. The van der Waals surface area contributed by atoms with Crippen molar-refractivity contribution in [1.82, 2.24) is 26.1 Å². The SMILES string of the molecule is CC1(C(=O)NNC(=O)c2nccnc2Nc2ccc(OC(F)(F)Cl)cc2)CCNC1=O. The summed E-state index contributed by atoms with van der Waals surface area (Å²) >= 11 is 4.72. The third-order valence-electron chi connectivity index (χ3n) is 4.47. The van der Waals surface area contributed by atoms with Gasteiger partial charge in [0.05, 0.1) is 0 Å². The number of ether oxygens (including phenoxy) is 1. The fourth-order valence-electron chi connectivity index (χ4n) is 2.73. The van der Waals surface area contributed by atoms with Gasteiger partial charge in [0.1, 0.15) is 11.2 Å². The lowest BCUT2D eigenvalue weighted by Crippen LogP contribution is -2.51. The van der Waals surface area contributed by atoms with Gasteiger partial charge in [-0.15, -0.1) is 8.78 Å². The first-order valence-electron chi connectivity index (χ1n) is 8.91. The van der Waals surface area contributed by atoms with E-state index in [1.807, 2.05) is 0 Å². The summed E-state index contributed by atoms with van der Waals surface area (Å²) in [5.41, 5.74) is -0.478. The molecule has 2 aromatic rings. The van der Waals surface area contributed by atoms with Gasteiger partial charge >= 0.3 is 5.57 Å². The Morgan fingerprint density at radius 1 is 1.19 bits per heavy atom. The number of rotatable bonds is 6. The standard InChI is InChI=1S/C18H17ClF2N6O4/c1-17(6-7-24-15(17)29)16(30)27-26-14(28)12-13(23-9-8-22-12)25-10-2-4-11(5-3-10)31-18(19,20)21/h2-5,8-9H,6-7H2,1H3,(H,23,25)(H,24,29)(H,26,28)(H,27,30). The monoisotopic (exact) mass is 454 g/mol. The maximum absolute atomic E-state index is 12.7. The van der Waals surface area contributed by atoms with Crippen molar-refractivity contribution in [1.29, 1.82) is 0 Å². The molecule has 1 aromatic heterocycles. The molecule has 0 bridgehead atoms. The predicted octanol–water partition coefficient (Wildman–Crippen LogP) is 1.68. The minimum absolute atomic E-state index is 0.0374. The van der Waals surface area contributed by atoms with Crippen molar-refractivity contribution < 1.29 is 27.9 Å². The molecular weight excluding hydrogens is 438 g/mol. The van der Waals surface area contributed by atoms with E-state index in [2.05, 4.69) is 36.2 Å². The van der Waals surface area contributed by atoms with Crippen LogP contribution in [0, 0.1) is 5.41 Å². The van der Waals surface area contributed by atoms with Gasteiger partial charge in [0.25, 0.3) is 11.8 Å². The summed E-state index contributed by atoms with van der Waals surface area (Å²) < 4.78 is 29.6. The fraction of sp³-hybridized carbons (Fsp3) is 0.278. The van der Waals surface area contributed by atoms with Gasteiger partial charge in [0.15, 0.2) is 11.5 Å². The van der Waals surface area contributed by atoms with Crippen LogP contribution >= 0.6 is 11.6 Å². The summed E-state index contributed by atoms with van der Waals surface area (Å²) in [4.78, 5) is 44.6. The molecule has 1 fully saturated rings. The van der Waals surface area contributed by atoms with E-state index in [0.29, 0.717) is 18.7 Å². The number of benzene rings is 1. The Labute approximate surface area is 179 Å². The van der Waals surface area contributed by atoms with Crippen molar-refractivity contribution in [3.63, 3.8) is 0 Å². The molecule has 3 rings (SSSR count). The number of amides is 3. The van der Waals surface area contributed by atoms with Crippen molar-refractivity contribution in [2.24, 2.45) is 5.41 Å². The van der Waals surface area contributed by atoms with Crippen LogP contribution in [0.5, 0.6) is 5.75 Å². The van der Waals surface area contributed by atoms with Crippen LogP contribution in [0.2, 0.25) is 0 Å². The molecule has 1 unspecified atom stereocenters. The number of aromatic nitrogens is 2. The zero-order chi connectivity index (χ0) is 22.6. The molecule has 3 amide bonds. The second kappa shape index (κ2) is 8.68. The number of carbonyl (C=O) groups is 3. The Morgan fingerprint density at radius 2 is 1.87 bits per heavy atom. The number of carbonyl (C=O) groups excluding carboxylic acids is 3. The Kier molecular flexibility index (Phi) is 6.20. The predicted molar refractivity (Wildman–Crippen MR) is 105 cm³/mol. The van der Waals surface area contributed by atoms with Crippen molar-refractivity contribution in [3.8, 4) is 5.75 Å². The molecule has 164 valence electrons. The molecule has 13 heteroatoms. The molecule has 0 saturated carbocycles. The second-order valence-electron chi connectivity index (χ2n) is 6.70. The van der Waals surface area contributed by atoms with E-state index in [4.69, 9.17) is 11.6 Å². The molecule has 1 atom stereocenters. The van der Waals surface area contributed by atoms with Gasteiger partial charge in [-0.1, -0.05) is 0 Å². The Morgan fingerprint density at radius 3 is 2.48 bits per heavy atom. The van der Waals surface area contributed by atoms with E-state index in [-0.39, 0.29) is 17.3 Å². The van der Waals surface area contributed by atoms with E-state index >= 15 is 0 Å². The minimum atomic E-state index is -3.84. The second-order valence-corrected chi connectivity index (χ2v) is 7.14. The van der Waals surface area contributed by atoms with Crippen LogP contribution in [0.1, 0.15) is 23.8 Å². The maximum atomic E-state index is 12.7. The topological polar surface area (TPSA) is 134 Å². The minimum Gasteiger partial charge on any atom is -0.420 e. The Hall–Kier alpha value is -3.54. The fourth-order valence-corrected chi connectivity index (χ4v) is 2.82. The zero-order valence-electron chi connectivity index (χ0n) is 16.0. The van der Waals surface area contributed by atoms with Crippen molar-refractivity contribution in [2.75, 3.05) is 11.9 Å². The summed E-state index contributed by atoms with van der Waals surface area (Å²) in [5.74, 6) is -2.01. The summed E-state index contributed by atoms with van der Waals surface area (Å²) in [6.45, 7) is 1.83. The van der Waals surface area contributed by atoms with E-state index < -0.39 is 28.7 Å². The molecule has 1 saturated heterocycles. The summed E-state index contributed by atoms with van der Waals surface area (Å²) in [7, 11) is 0. The normalized spacial score (nSPS) is 18.1. The first-order chi connectivity index (χ1) is 14.6. The van der Waals surface area contributed by atoms with Gasteiger partial charge in [-0.05, 0) is 37.6 Å². The number of halogens is 3. The number of nitrogens with zero attached hydrogens (tertiary/aromatic N) is 2. The van der Waals surface area contributed by atoms with Gasteiger partial charge in [-0.3, -0.25) is 25.2 Å². The number of hydrogen-bond acceptors (Lipinski definition) is 7. The van der Waals surface area contributed by atoms with Crippen LogP contribution in [0.15, 0.2) is 36.7 Å². The molecule has 1 aliphatic heterocycles. The van der Waals surface area contributed by atoms with Crippen LogP contribution in [0.3, 0.4) is 0 Å². The molecule has 1 aliphatic rings. The highest BCUT2D eigenvalue weighted by Crippen LogP contribution is 2.27. The number of anilines is 2. The lowest BCUT2D eigenvalue weighted by Gasteiger charge is -2.19. The van der Waals surface area contributed by atoms with Gasteiger partial charge in [-0.25, -0.2) is 9.97 Å². The summed E-state index contributed by atoms with van der Waals surface area (Å²) in [6.07, 6.45) is 2.89. The van der Waals surface area contributed by atoms with Gasteiger partial charge in [0.2, 0.25) is 5.91 Å². The Bertz CT molecular complexity index is 1000. The lowest BCUT2D eigenvalue weighted by molar-refractivity contribution is -0.140. The molecule has 0 radical (unpaired) electrons. The smallest absolute Gasteiger partial charge is 0.420 e. The summed E-state index contributed by atoms with van der Waals surface area (Å²) in [6, 6.07) is 5.27. The van der Waals surface area contributed by atoms with E-state index in [0.717, 1.165) is 0 Å². The van der Waals surface area contributed by atoms with E-state index in [1.165, 1.54) is 43.6 Å². The van der Waals surface area contributed by atoms with Gasteiger partial charge < -0.3 is 15.4 Å². The van der Waals surface area contributed by atoms with E-state index in [9.17, 15) is 23.2 Å². The first kappa shape index (κ1) is 22.2. The molecule has 0 aliphatic carbocycles. The molecular formula is C18H17ClF2N6O4. The first-order valence-corrected chi connectivity index (χ1v) is 9.29. The van der Waals surface area contributed by atoms with Crippen molar-refractivity contribution >= 4 is 40.8 Å². The van der Waals surface area contributed by atoms with Gasteiger partial charge in [0, 0.05) is 36.2 Å². The average Bonchev–Trinajstić information content (AvgIpc) is 3.06. The molecule has 31 heavy (non-hydrogen) atoms. The zero-order valence-corrected chi connectivity index (χ0v) is 16.8. The third kappa shape index (κ3) is 5.34. The molecule has 4 N–H and O–H groups in total. The van der Waals surface area contributed by atoms with Crippen molar-refractivity contribution in [3.05, 3.63) is 42.4 Å². The molecule has 1 aromatic carbocycles. The van der Waals surface area contributed by atoms with E-state index in [1.54, 1.807) is 0 Å². The van der Waals surface area contributed by atoms with Crippen LogP contribution < -0.4 is 26.2 Å². The van der Waals surface area contributed by atoms with Crippen LogP contribution in [0.4, 0.5) is 20.3 Å². The average molecular weight is 455 g/mol. The number of hydrazine groups is 1. The quantitative estimate of drug-likeness (QED) is 0.296.